The molecule has 54 heavy (non-hydrogen) atoms. The highest BCUT2D eigenvalue weighted by Crippen LogP contribution is 2.16. The van der Waals surface area contributed by atoms with E-state index in [0.717, 1.165) is 18.4 Å². The number of nitrogens with one attached hydrogen (secondary N) is 4. The van der Waals surface area contributed by atoms with Gasteiger partial charge < -0.3 is 41.3 Å². The molecule has 6 amide bonds. The van der Waals surface area contributed by atoms with Gasteiger partial charge in [-0.1, -0.05) is 71.9 Å². The Labute approximate surface area is 317 Å². The number of carboxylic acid groups (broad SMARTS) is 2. The van der Waals surface area contributed by atoms with Crippen molar-refractivity contribution in [3.8, 4) is 0 Å². The van der Waals surface area contributed by atoms with E-state index in [9.17, 15) is 48.6 Å². The van der Waals surface area contributed by atoms with E-state index in [1.807, 2.05) is 30.3 Å². The molecule has 300 valence electrons. The van der Waals surface area contributed by atoms with E-state index in [2.05, 4.69) is 21.3 Å². The summed E-state index contributed by atoms with van der Waals surface area (Å²) in [6.07, 6.45) is 0.719. The van der Waals surface area contributed by atoms with Gasteiger partial charge in [-0.05, 0) is 49.0 Å². The van der Waals surface area contributed by atoms with Crippen molar-refractivity contribution in [2.24, 2.45) is 17.8 Å². The number of nitrogens with zero attached hydrogens (tertiary/aromatic N) is 2. The monoisotopic (exact) mass is 758 g/mol. The molecule has 6 N–H and O–H groups in total. The Bertz CT molecular complexity index is 1480. The fourth-order valence-electron chi connectivity index (χ4n) is 6.29. The highest BCUT2D eigenvalue weighted by molar-refractivity contribution is 5.98. The maximum atomic E-state index is 13.9. The zero-order chi connectivity index (χ0) is 40.7. The van der Waals surface area contributed by atoms with Crippen LogP contribution in [-0.2, 0) is 44.8 Å². The average molecular weight is 759 g/mol. The number of benzene rings is 1. The minimum atomic E-state index is -1.74. The van der Waals surface area contributed by atoms with E-state index in [1.165, 1.54) is 16.8 Å². The number of carbonyl (C=O) groups is 8. The first-order valence-corrected chi connectivity index (χ1v) is 18.6. The molecule has 1 aromatic rings. The van der Waals surface area contributed by atoms with E-state index in [1.54, 1.807) is 41.5 Å². The highest BCUT2D eigenvalue weighted by atomic mass is 16.4. The van der Waals surface area contributed by atoms with Gasteiger partial charge in [0, 0.05) is 26.6 Å². The number of likely N-dealkylation sites (tertiary alicyclic amines) is 1. The highest BCUT2D eigenvalue weighted by Gasteiger charge is 2.37. The lowest BCUT2D eigenvalue weighted by Crippen LogP contribution is -2.61. The number of amides is 6. The predicted molar refractivity (Wildman–Crippen MR) is 198 cm³/mol. The van der Waals surface area contributed by atoms with Gasteiger partial charge in [0.1, 0.15) is 30.2 Å². The quantitative estimate of drug-likeness (QED) is 0.105. The van der Waals surface area contributed by atoms with Gasteiger partial charge in [-0.25, -0.2) is 4.79 Å². The summed E-state index contributed by atoms with van der Waals surface area (Å²) in [5.74, 6) is -8.10. The third-order valence-corrected chi connectivity index (χ3v) is 9.23. The lowest BCUT2D eigenvalue weighted by Gasteiger charge is -2.33. The molecule has 0 bridgehead atoms. The maximum absolute atomic E-state index is 13.9. The zero-order valence-corrected chi connectivity index (χ0v) is 32.4. The normalized spacial score (nSPS) is 15.5. The van der Waals surface area contributed by atoms with Gasteiger partial charge in [-0.15, -0.1) is 0 Å². The average Bonchev–Trinajstić information content (AvgIpc) is 3.64. The number of carbonyl (C=O) groups excluding carboxylic acids is 6. The van der Waals surface area contributed by atoms with E-state index in [0.29, 0.717) is 19.5 Å². The molecule has 0 unspecified atom stereocenters. The van der Waals surface area contributed by atoms with Gasteiger partial charge in [0.05, 0.1) is 12.8 Å². The number of likely N-dealkylation sites (N-methyl/N-ethyl adjacent to an activating group) is 1. The van der Waals surface area contributed by atoms with Crippen LogP contribution in [-0.4, -0.2) is 118 Å². The summed E-state index contributed by atoms with van der Waals surface area (Å²) in [6.45, 7) is 11.2. The Kier molecular flexibility index (Phi) is 18.1. The number of aryl methyl sites for hydroxylation is 1. The minimum absolute atomic E-state index is 0.0371. The van der Waals surface area contributed by atoms with Crippen molar-refractivity contribution in [1.82, 2.24) is 31.1 Å². The van der Waals surface area contributed by atoms with Crippen LogP contribution < -0.4 is 21.3 Å². The van der Waals surface area contributed by atoms with Crippen molar-refractivity contribution in [2.45, 2.75) is 117 Å². The molecule has 1 saturated heterocycles. The van der Waals surface area contributed by atoms with Crippen LogP contribution in [0.15, 0.2) is 30.3 Å². The van der Waals surface area contributed by atoms with Crippen LogP contribution in [0.5, 0.6) is 0 Å². The van der Waals surface area contributed by atoms with Crippen molar-refractivity contribution in [3.05, 3.63) is 35.9 Å². The van der Waals surface area contributed by atoms with Gasteiger partial charge in [0.25, 0.3) is 0 Å². The lowest BCUT2D eigenvalue weighted by atomic mass is 9.98. The fourth-order valence-corrected chi connectivity index (χ4v) is 6.29. The first-order valence-electron chi connectivity index (χ1n) is 18.6. The third kappa shape index (κ3) is 14.4. The van der Waals surface area contributed by atoms with Crippen molar-refractivity contribution in [1.29, 1.82) is 0 Å². The molecule has 1 fully saturated rings. The van der Waals surface area contributed by atoms with Gasteiger partial charge in [0.2, 0.25) is 35.4 Å². The van der Waals surface area contributed by atoms with Crippen LogP contribution in [0.1, 0.15) is 85.6 Å². The van der Waals surface area contributed by atoms with Crippen LogP contribution in [0.2, 0.25) is 0 Å². The second-order valence-corrected chi connectivity index (χ2v) is 15.0. The predicted octanol–water partition coefficient (Wildman–Crippen LogP) is 1.32. The summed E-state index contributed by atoms with van der Waals surface area (Å²) in [5.41, 5.74) is 0.966. The summed E-state index contributed by atoms with van der Waals surface area (Å²) in [6, 6.07) is 2.56. The van der Waals surface area contributed by atoms with E-state index in [-0.39, 0.29) is 30.6 Å². The molecule has 16 nitrogen and oxygen atoms in total. The third-order valence-electron chi connectivity index (χ3n) is 9.23. The summed E-state index contributed by atoms with van der Waals surface area (Å²) in [7, 11) is 1.53. The Hall–Kier alpha value is -5.02. The lowest BCUT2D eigenvalue weighted by molar-refractivity contribution is -0.144. The first kappa shape index (κ1) is 45.1. The number of aliphatic carboxylic acids is 2. The summed E-state index contributed by atoms with van der Waals surface area (Å²) >= 11 is 0. The molecule has 5 atom stereocenters. The van der Waals surface area contributed by atoms with Gasteiger partial charge in [0.15, 0.2) is 0 Å². The molecule has 2 rings (SSSR count). The SMILES string of the molecule is CC(C)C[C@H](NC(=O)[C@H](CC(=O)O)NC(=O)[C@H](CC(=O)N1CCCC1)NC(=O)[C@@H](NC(=O)[C@H](C(C)C)N(C)C(=O)CCc1ccccc1)C(C)C)C(=O)O. The molecule has 0 radical (unpaired) electrons. The molecule has 16 heteroatoms. The van der Waals surface area contributed by atoms with Gasteiger partial charge in [-0.3, -0.25) is 33.6 Å². The Morgan fingerprint density at radius 1 is 0.704 bits per heavy atom. The smallest absolute Gasteiger partial charge is 0.326 e. The van der Waals surface area contributed by atoms with Crippen molar-refractivity contribution < 1.29 is 48.6 Å². The summed E-state index contributed by atoms with van der Waals surface area (Å²) < 4.78 is 0. The minimum Gasteiger partial charge on any atom is -0.481 e. The Balaban J connectivity index is 2.31. The number of hydrogen-bond donors (Lipinski definition) is 6. The second-order valence-electron chi connectivity index (χ2n) is 15.0. The number of hydrogen-bond acceptors (Lipinski definition) is 8. The van der Waals surface area contributed by atoms with Crippen LogP contribution in [0, 0.1) is 17.8 Å². The van der Waals surface area contributed by atoms with Crippen molar-refractivity contribution >= 4 is 47.4 Å². The molecule has 1 aromatic carbocycles. The number of carboxylic acids is 2. The van der Waals surface area contributed by atoms with Crippen LogP contribution in [0.3, 0.4) is 0 Å². The standard InChI is InChI=1S/C38H58N6O10/c1-22(2)19-28(38(53)54)41-35(50)27(21-31(47)48)39-34(49)26(20-30(46)44-17-11-12-18-44)40-36(51)32(23(3)4)42-37(52)33(24(5)6)43(7)29(45)16-15-25-13-9-8-10-14-25/h8-10,13-14,22-24,26-28,32-33H,11-12,15-21H2,1-7H3,(H,39,49)(H,40,51)(H,41,50)(H,42,52)(H,47,48)(H,53,54)/t26-,27-,28-,32-,33-/m0/s1. The zero-order valence-electron chi connectivity index (χ0n) is 32.4. The molecular weight excluding hydrogens is 700 g/mol. The first-order chi connectivity index (χ1) is 25.3. The molecule has 1 aliphatic heterocycles. The molecule has 0 spiro atoms. The van der Waals surface area contributed by atoms with Crippen molar-refractivity contribution in [3.63, 3.8) is 0 Å². The second kappa shape index (κ2) is 21.6. The van der Waals surface area contributed by atoms with Crippen LogP contribution >= 0.6 is 0 Å². The summed E-state index contributed by atoms with van der Waals surface area (Å²) in [5, 5.41) is 29.0. The molecule has 0 saturated carbocycles. The Morgan fingerprint density at radius 3 is 1.74 bits per heavy atom. The fraction of sp³-hybridized carbons (Fsp3) is 0.632. The van der Waals surface area contributed by atoms with E-state index in [4.69, 9.17) is 0 Å². The molecule has 0 aromatic heterocycles. The van der Waals surface area contributed by atoms with E-state index >= 15 is 0 Å². The molecule has 1 heterocycles. The number of rotatable bonds is 21. The van der Waals surface area contributed by atoms with E-state index < -0.39 is 90.4 Å². The summed E-state index contributed by atoms with van der Waals surface area (Å²) in [4.78, 5) is 107. The topological polar surface area (TPSA) is 232 Å². The molecular formula is C38H58N6O10. The maximum Gasteiger partial charge on any atom is 0.326 e. The van der Waals surface area contributed by atoms with Gasteiger partial charge in [-0.2, -0.15) is 0 Å². The van der Waals surface area contributed by atoms with Crippen molar-refractivity contribution in [2.75, 3.05) is 20.1 Å². The molecule has 0 aliphatic carbocycles. The van der Waals surface area contributed by atoms with Gasteiger partial charge >= 0.3 is 11.9 Å². The van der Waals surface area contributed by atoms with Crippen LogP contribution in [0.25, 0.3) is 0 Å². The van der Waals surface area contributed by atoms with Crippen LogP contribution in [0.4, 0.5) is 0 Å². The largest absolute Gasteiger partial charge is 0.481 e. The molecule has 1 aliphatic rings. The Morgan fingerprint density at radius 2 is 1.24 bits per heavy atom.